The number of hydrogen-bond acceptors (Lipinski definition) is 33. The molecule has 56 nitrogen and oxygen atoms in total. The molecule has 0 aliphatic rings. The Morgan fingerprint density at radius 2 is 0.687 bits per heavy atom. The molecule has 0 aliphatic carbocycles. The molecule has 41 N–H and O–H groups in total. The zero-order valence-corrected chi connectivity index (χ0v) is 86.3. The number of aliphatic hydroxyl groups excluding tert-OH is 5. The second-order valence-corrected chi connectivity index (χ2v) is 37.3. The molecular formula is C93H154N28O28S. The predicted molar refractivity (Wildman–Crippen MR) is 544 cm³/mol. The van der Waals surface area contributed by atoms with Crippen molar-refractivity contribution >= 4 is 148 Å². The molecule has 0 aromatic heterocycles. The highest BCUT2D eigenvalue weighted by Crippen LogP contribution is 2.16. The van der Waals surface area contributed by atoms with Crippen LogP contribution in [0.15, 0.2) is 60.7 Å². The molecule has 2 aromatic rings. The Kier molecular flexibility index (Phi) is 63.1. The molecule has 0 spiro atoms. The monoisotopic (exact) mass is 2140 g/mol. The van der Waals surface area contributed by atoms with Crippen molar-refractivity contribution < 1.29 is 136 Å². The number of aliphatic carboxylic acids is 1. The number of guanidine groups is 1. The average Bonchev–Trinajstić information content (AvgIpc) is 0.843. The summed E-state index contributed by atoms with van der Waals surface area (Å²) in [5, 5.41) is 117. The van der Waals surface area contributed by atoms with Crippen LogP contribution in [0.3, 0.4) is 0 Å². The molecule has 0 aliphatic heterocycles. The van der Waals surface area contributed by atoms with Gasteiger partial charge < -0.3 is 177 Å². The topological polar surface area (TPSA) is 944 Å². The van der Waals surface area contributed by atoms with E-state index in [1.807, 2.05) is 0 Å². The molecule has 0 unspecified atom stereocenters. The van der Waals surface area contributed by atoms with Crippen molar-refractivity contribution in [2.24, 2.45) is 52.0 Å². The van der Waals surface area contributed by atoms with Crippen molar-refractivity contribution in [1.29, 1.82) is 5.41 Å². The van der Waals surface area contributed by atoms with E-state index >= 15 is 0 Å². The Labute approximate surface area is 872 Å². The fourth-order valence-corrected chi connectivity index (χ4v) is 14.8. The molecule has 0 saturated carbocycles. The fraction of sp³-hybridized carbons (Fsp3) is 0.624. The molecule has 0 heterocycles. The van der Waals surface area contributed by atoms with Crippen LogP contribution in [0.25, 0.3) is 0 Å². The molecule has 2 rings (SSSR count). The Morgan fingerprint density at radius 1 is 0.340 bits per heavy atom. The lowest BCUT2D eigenvalue weighted by Gasteiger charge is -2.29. The van der Waals surface area contributed by atoms with E-state index in [9.17, 15) is 136 Å². The van der Waals surface area contributed by atoms with Gasteiger partial charge in [-0.1, -0.05) is 88.4 Å². The number of carbonyl (C=O) groups is 22. The van der Waals surface area contributed by atoms with Crippen molar-refractivity contribution in [2.75, 3.05) is 77.6 Å². The highest BCUT2D eigenvalue weighted by molar-refractivity contribution is 7.98. The maximum absolute atomic E-state index is 14.7. The summed E-state index contributed by atoms with van der Waals surface area (Å²) in [6.45, 7) is 4.56. The van der Waals surface area contributed by atoms with E-state index in [1.165, 1.54) is 32.5 Å². The number of carbonyl (C=O) groups excluding carboxylic acids is 21. The van der Waals surface area contributed by atoms with E-state index in [1.54, 1.807) is 80.8 Å². The van der Waals surface area contributed by atoms with Gasteiger partial charge in [0.25, 0.3) is 0 Å². The van der Waals surface area contributed by atoms with Gasteiger partial charge in [0.2, 0.25) is 124 Å². The lowest BCUT2D eigenvalue weighted by atomic mass is 10.00. The summed E-state index contributed by atoms with van der Waals surface area (Å²) in [6.07, 6.45) is -3.47. The number of unbranched alkanes of at least 4 members (excludes halogenated alkanes) is 3. The lowest BCUT2D eigenvalue weighted by Crippen LogP contribution is -2.62. The van der Waals surface area contributed by atoms with E-state index in [2.05, 4.69) is 106 Å². The summed E-state index contributed by atoms with van der Waals surface area (Å²) in [4.78, 5) is 300. The van der Waals surface area contributed by atoms with Gasteiger partial charge in [-0.3, -0.25) is 106 Å². The van der Waals surface area contributed by atoms with Crippen molar-refractivity contribution in [3.8, 4) is 0 Å². The number of thioether (sulfide) groups is 1. The third-order valence-electron chi connectivity index (χ3n) is 22.7. The van der Waals surface area contributed by atoms with Gasteiger partial charge >= 0.3 is 5.97 Å². The quantitative estimate of drug-likeness (QED) is 0.0166. The molecule has 2 aromatic carbocycles. The average molecular weight is 2140 g/mol. The zero-order valence-electron chi connectivity index (χ0n) is 85.5. The van der Waals surface area contributed by atoms with Crippen molar-refractivity contribution in [2.45, 2.75) is 279 Å². The highest BCUT2D eigenvalue weighted by atomic mass is 32.2. The number of primary amides is 2. The molecule has 19 atom stereocenters. The normalized spacial score (nSPS) is 14.9. The Balaban J connectivity index is 2.35. The Morgan fingerprint density at radius 3 is 1.09 bits per heavy atom. The molecule has 840 valence electrons. The molecule has 0 saturated heterocycles. The first-order valence-corrected chi connectivity index (χ1v) is 50.4. The first-order chi connectivity index (χ1) is 70.9. The summed E-state index contributed by atoms with van der Waals surface area (Å²) >= 11 is 1.25. The fourth-order valence-electron chi connectivity index (χ4n) is 14.4. The molecule has 0 fully saturated rings. The third kappa shape index (κ3) is 51.8. The molecule has 21 amide bonds. The Hall–Kier alpha value is -14.0. The highest BCUT2D eigenvalue weighted by Gasteiger charge is 2.41. The van der Waals surface area contributed by atoms with E-state index in [0.29, 0.717) is 24.0 Å². The summed E-state index contributed by atoms with van der Waals surface area (Å²) in [5.74, 6) is -24.8. The van der Waals surface area contributed by atoms with Gasteiger partial charge in [0.1, 0.15) is 103 Å². The van der Waals surface area contributed by atoms with Gasteiger partial charge in [-0.15, -0.1) is 0 Å². The maximum atomic E-state index is 14.7. The van der Waals surface area contributed by atoms with Crippen LogP contribution in [0.1, 0.15) is 162 Å². The van der Waals surface area contributed by atoms with E-state index in [4.69, 9.17) is 45.5 Å². The van der Waals surface area contributed by atoms with Crippen LogP contribution in [0.5, 0.6) is 0 Å². The molecule has 0 radical (unpaired) electrons. The number of nitrogens with one attached hydrogen (secondary N) is 21. The minimum absolute atomic E-state index is 0.00298. The molecule has 0 bridgehead atoms. The van der Waals surface area contributed by atoms with E-state index in [0.717, 1.165) is 13.8 Å². The van der Waals surface area contributed by atoms with Crippen LogP contribution in [0.4, 0.5) is 0 Å². The van der Waals surface area contributed by atoms with Gasteiger partial charge in [-0.05, 0) is 165 Å². The van der Waals surface area contributed by atoms with Crippen LogP contribution in [0.2, 0.25) is 0 Å². The van der Waals surface area contributed by atoms with Crippen LogP contribution in [0, 0.1) is 17.2 Å². The van der Waals surface area contributed by atoms with E-state index in [-0.39, 0.29) is 121 Å². The van der Waals surface area contributed by atoms with Crippen LogP contribution in [-0.4, -0.2) is 359 Å². The largest absolute Gasteiger partial charge is 0.480 e. The first-order valence-electron chi connectivity index (χ1n) is 49.0. The van der Waals surface area contributed by atoms with Crippen molar-refractivity contribution in [3.05, 3.63) is 71.8 Å². The molecule has 57 heteroatoms. The van der Waals surface area contributed by atoms with Crippen LogP contribution in [-0.2, 0) is 118 Å². The van der Waals surface area contributed by atoms with Crippen LogP contribution < -0.4 is 146 Å². The zero-order chi connectivity index (χ0) is 113. The minimum atomic E-state index is -2.01. The Bertz CT molecular complexity index is 4770. The third-order valence-corrected chi connectivity index (χ3v) is 23.4. The first kappa shape index (κ1) is 132. The smallest absolute Gasteiger partial charge is 0.328 e. The van der Waals surface area contributed by atoms with Gasteiger partial charge in [0.05, 0.1) is 58.1 Å². The van der Waals surface area contributed by atoms with Gasteiger partial charge in [-0.25, -0.2) is 4.79 Å². The van der Waals surface area contributed by atoms with Crippen molar-refractivity contribution in [1.82, 2.24) is 106 Å². The SMILES string of the molecule is CSCC[C@H](NC(=O)CNC(=O)[C@@H](NC(=O)CNC(=O)[C@@H](NC(=O)CNC(=O)[C@H](CC(N)=O)NC(=O)[C@H](CC(C)C)NC(=O)[C@H](Cc1ccccc1)NC(=O)[C@@H](N)CO)C(C)C)[C@@H](C)O)C(=O)N[C@@H](CCCCN)C(=O)N[C@@H](CCCCN)C(=O)N[C@H](C(=O)N[C@@H](CO)C(=O)N[C@@H](Cc1ccccc1)C(=O)N[C@@H](CCC(N)=O)C(=O)N[C@@H](CCCNC(=N)N)C(=O)N[C@@H](C)C(=O)N[C@@H](CCCCN)C(=O)N[C@@H](CO)C(=O)O)[C@@H](C)O. The number of nitrogens with two attached hydrogens (primary N) is 7. The van der Waals surface area contributed by atoms with Gasteiger partial charge in [0.15, 0.2) is 5.96 Å². The number of carboxylic acids is 1. The van der Waals surface area contributed by atoms with Crippen molar-refractivity contribution in [3.63, 3.8) is 0 Å². The molecule has 150 heavy (non-hydrogen) atoms. The second kappa shape index (κ2) is 71.6. The van der Waals surface area contributed by atoms with E-state index < -0.39 is 316 Å². The summed E-state index contributed by atoms with van der Waals surface area (Å²) in [6, 6.07) is -11.1. The predicted octanol–water partition coefficient (Wildman–Crippen LogP) is -13.0. The lowest BCUT2D eigenvalue weighted by molar-refractivity contribution is -0.143. The number of rotatable bonds is 75. The second-order valence-electron chi connectivity index (χ2n) is 36.3. The standard InChI is InChI=1S/C93H154N28O28S/c1-48(2)38-62(114-87(143)63(113-77(133)55(97)45-122)39-53-22-11-9-12-23-53)85(141)116-65(41-69(99)128)78(134)103-43-71(130)119-73(49(3)4)89(145)104-44-72(131)120-74(51(6)125)90(146)105-42-70(129)107-61(32-37-150-8)83(139)109-57(27-16-19-34-95)80(136)110-58(28-17-20-35-96)84(140)121-75(52(7)126)91(147)117-66(46-123)88(144)115-64(40-54-24-13-10-14-25-54)86(142)112-60(30-31-68(98)127)82(138)111-59(29-21-36-102-93(100)101)79(135)106-50(5)76(132)108-56(26-15-18-33-94)81(137)118-67(47-124)92(148)149/h9-14,22-25,48-52,55-67,73-75,122-126H,15-21,26-47,94-97H2,1-8H3,(H2,98,127)(H2,99,128)(H,103,134)(H,104,145)(H,105,146)(H,106,135)(H,107,129)(H,108,132)(H,109,139)(H,110,136)(H,111,138)(H,112,142)(H,113,133)(H,114,143)(H,115,144)(H,116,141)(H,117,147)(H,118,137)(H,119,130)(H,120,131)(H,121,140)(H,148,149)(H4,100,101,102)/t50-,51+,52+,55-,56-,57-,58-,59-,60-,61-,62-,63-,64-,65-,66-,67-,73-,74-,75-/m0/s1. The number of amides is 21. The maximum Gasteiger partial charge on any atom is 0.328 e. The summed E-state index contributed by atoms with van der Waals surface area (Å²) in [7, 11) is 0. The van der Waals surface area contributed by atoms with Gasteiger partial charge in [0, 0.05) is 25.8 Å². The summed E-state index contributed by atoms with van der Waals surface area (Å²) < 4.78 is 0. The number of benzene rings is 2. The number of aliphatic hydroxyl groups is 5. The van der Waals surface area contributed by atoms with Gasteiger partial charge in [-0.2, -0.15) is 11.8 Å². The number of carboxylic acid groups (broad SMARTS) is 1. The van der Waals surface area contributed by atoms with Crippen LogP contribution >= 0.6 is 11.8 Å². The molecular weight excluding hydrogens is 1990 g/mol. The summed E-state index contributed by atoms with van der Waals surface area (Å²) in [5.41, 5.74) is 40.4. The minimum Gasteiger partial charge on any atom is -0.480 e. The number of hydrogen-bond donors (Lipinski definition) is 34.